The van der Waals surface area contributed by atoms with Gasteiger partial charge in [-0.1, -0.05) is 0 Å². The monoisotopic (exact) mass is 1460 g/mol. The van der Waals surface area contributed by atoms with E-state index in [-0.39, 0.29) is 0 Å². The van der Waals surface area contributed by atoms with Crippen molar-refractivity contribution in [2.75, 3.05) is 65.9 Å². The van der Waals surface area contributed by atoms with Crippen molar-refractivity contribution < 1.29 is 220 Å². The van der Waals surface area contributed by atoms with Crippen molar-refractivity contribution in [1.29, 1.82) is 0 Å². The first-order valence-corrected chi connectivity index (χ1v) is 33.0. The number of hydrogen-bond acceptors (Lipinski definition) is 43. The normalized spacial score (nSPS) is 44.6. The molecule has 0 aromatic heterocycles. The number of carboxylic acid groups (broad SMARTS) is 1. The molecule has 95 heavy (non-hydrogen) atoms. The molecule has 0 aromatic carbocycles. The molecule has 0 aliphatic carbocycles. The molecule has 0 radical (unpaired) electrons. The van der Waals surface area contributed by atoms with Crippen molar-refractivity contribution in [2.45, 2.75) is 208 Å². The summed E-state index contributed by atoms with van der Waals surface area (Å²) in [5, 5.41) is 241. The van der Waals surface area contributed by atoms with E-state index in [1.54, 1.807) is 0 Å². The Kier molecular flexibility index (Phi) is 30.5. The summed E-state index contributed by atoms with van der Waals surface area (Å²) < 4.78 is 127. The zero-order chi connectivity index (χ0) is 71.1. The lowest BCUT2D eigenvalue weighted by Crippen LogP contribution is -2.71. The topological polar surface area (TPSA) is 774 Å². The van der Waals surface area contributed by atoms with Crippen LogP contribution in [0.2, 0.25) is 0 Å². The van der Waals surface area contributed by atoms with Crippen LogP contribution in [0.4, 0.5) is 0 Å². The summed E-state index contributed by atoms with van der Waals surface area (Å²) >= 11 is 0. The van der Waals surface area contributed by atoms with Gasteiger partial charge in [-0.3, -0.25) is 18.1 Å². The van der Waals surface area contributed by atoms with E-state index in [9.17, 15) is 146 Å². The van der Waals surface area contributed by atoms with Crippen LogP contribution in [-0.4, -0.2) is 401 Å². The molecule has 6 fully saturated rings. The van der Waals surface area contributed by atoms with E-state index in [0.717, 1.165) is 0 Å². The Morgan fingerprint density at radius 2 is 0.874 bits per heavy atom. The largest absolute Gasteiger partial charge is 0.481 e. The average molecular weight is 1470 g/mol. The van der Waals surface area contributed by atoms with Crippen molar-refractivity contribution in [3.05, 3.63) is 0 Å². The van der Waals surface area contributed by atoms with E-state index < -0.39 is 304 Å². The van der Waals surface area contributed by atoms with E-state index in [1.165, 1.54) is 0 Å². The fourth-order valence-electron chi connectivity index (χ4n) is 10.6. The number of aliphatic carboxylic acids is 1. The van der Waals surface area contributed by atoms with Crippen LogP contribution in [0, 0.1) is 0 Å². The summed E-state index contributed by atoms with van der Waals surface area (Å²) in [6.07, 6.45) is -82.6. The van der Waals surface area contributed by atoms with Crippen molar-refractivity contribution in [1.82, 2.24) is 0 Å². The summed E-state index contributed by atoms with van der Waals surface area (Å²) in [7, 11) is -17.6. The highest BCUT2D eigenvalue weighted by Crippen LogP contribution is 2.62. The predicted octanol–water partition coefficient (Wildman–Crippen LogP) is -15.9. The number of nitrogens with two attached hydrogens (primary N) is 2. The number of aliphatic hydroxyl groups excluding tert-OH is 20. The predicted molar refractivity (Wildman–Crippen MR) is 287 cm³/mol. The number of aliphatic hydroxyl groups is 21. The molecule has 0 bridgehead atoms. The van der Waals surface area contributed by atoms with Crippen molar-refractivity contribution in [3.63, 3.8) is 0 Å². The summed E-state index contributed by atoms with van der Waals surface area (Å²) in [6, 6.07) is 0. The molecule has 0 aromatic rings. The zero-order valence-electron chi connectivity index (χ0n) is 49.1. The van der Waals surface area contributed by atoms with Crippen molar-refractivity contribution >= 4 is 29.4 Å². The third-order valence-corrected chi connectivity index (χ3v) is 19.2. The smallest absolute Gasteiger partial charge is 0.477 e. The van der Waals surface area contributed by atoms with Gasteiger partial charge in [0, 0.05) is 19.5 Å². The Balaban J connectivity index is 1.61. The molecule has 0 saturated carbocycles. The van der Waals surface area contributed by atoms with E-state index in [2.05, 4.69) is 8.83 Å². The second-order valence-electron chi connectivity index (χ2n) is 22.1. The first-order chi connectivity index (χ1) is 44.4. The van der Waals surface area contributed by atoms with Crippen molar-refractivity contribution in [3.8, 4) is 0 Å². The lowest BCUT2D eigenvalue weighted by Gasteiger charge is -2.53. The quantitative estimate of drug-likeness (QED) is 0.0271. The molecular formula is C45H83N2O45P3. The standard InChI is InChI=1S/C45H83N2O45P3/c46-1-3-77-93(71,72)91-18(11-53)33-28(66)35(85-39-25(63)21(59)19(57)16(9-51)79-39)38(88-41-27(65)23(61)24(62)30(81-41)12(54)6-48)43(83-33)86-36-29(67)42(82-31(13(55)7-49)37(36)87-40-26(64)22(60)20(58)17(10-52)80-40)84-34-15(90-95(75,76)92-94(73,74)78-4-2-47)5-45(70,44(68)69)89-32(34)14(56)8-50/h12-43,48-67,70H,1-11,46-47H2,(H,68,69)(H,71,72)(H,73,74)(H,75,76)/t12-,13-,14+,15+,16+,17+,18-,19+,20+,21-,22-,23-,24-,25+,26+,27-,28+,29-,30+,31+,32+,33+,34+,35-,36+,37+,38-,39?,40-,41+,42+,43+,45+/m0/s1. The highest BCUT2D eigenvalue weighted by Gasteiger charge is 2.63. The maximum Gasteiger partial charge on any atom is 0.481 e. The lowest BCUT2D eigenvalue weighted by molar-refractivity contribution is -0.422. The minimum absolute atomic E-state index is 0.471. The molecule has 36 atom stereocenters. The van der Waals surface area contributed by atoms with Gasteiger partial charge in [-0.2, -0.15) is 4.31 Å². The van der Waals surface area contributed by atoms with E-state index in [1.807, 2.05) is 0 Å². The van der Waals surface area contributed by atoms with Crippen molar-refractivity contribution in [2.24, 2.45) is 11.5 Å². The minimum Gasteiger partial charge on any atom is -0.477 e. The van der Waals surface area contributed by atoms with Crippen LogP contribution in [0.5, 0.6) is 0 Å². The number of hydrogen-bond donors (Lipinski definition) is 27. The molecule has 47 nitrogen and oxygen atoms in total. The molecule has 6 saturated heterocycles. The maximum absolute atomic E-state index is 13.6. The van der Waals surface area contributed by atoms with Crippen LogP contribution in [0.1, 0.15) is 6.42 Å². The molecule has 6 aliphatic rings. The Labute approximate surface area is 534 Å². The first kappa shape index (κ1) is 82.4. The van der Waals surface area contributed by atoms with Crippen LogP contribution >= 0.6 is 23.5 Å². The van der Waals surface area contributed by atoms with Crippen LogP contribution in [0.25, 0.3) is 0 Å². The molecule has 0 amide bonds. The first-order valence-electron chi connectivity index (χ1n) is 28.6. The third kappa shape index (κ3) is 19.6. The Bertz CT molecular complexity index is 2530. The summed E-state index contributed by atoms with van der Waals surface area (Å²) in [5.41, 5.74) is 10.7. The fourth-order valence-corrected chi connectivity index (χ4v) is 13.8. The molecule has 6 heterocycles. The molecule has 558 valence electrons. The molecule has 50 heteroatoms. The highest BCUT2D eigenvalue weighted by molar-refractivity contribution is 7.61. The zero-order valence-corrected chi connectivity index (χ0v) is 51.8. The maximum atomic E-state index is 13.6. The fraction of sp³-hybridized carbons (Fsp3) is 0.978. The van der Waals surface area contributed by atoms with Gasteiger partial charge in [-0.25, -0.2) is 18.5 Å². The van der Waals surface area contributed by atoms with Crippen LogP contribution in [0.15, 0.2) is 0 Å². The van der Waals surface area contributed by atoms with E-state index in [4.69, 9.17) is 77.1 Å². The van der Waals surface area contributed by atoms with Gasteiger partial charge in [0.1, 0.15) is 165 Å². The Morgan fingerprint density at radius 3 is 1.37 bits per heavy atom. The molecule has 4 unspecified atom stereocenters. The van der Waals surface area contributed by atoms with Gasteiger partial charge in [-0.15, -0.1) is 0 Å². The number of phosphoric acid groups is 3. The summed E-state index contributed by atoms with van der Waals surface area (Å²) in [5.74, 6) is -6.09. The number of carboxylic acids is 1. The van der Waals surface area contributed by atoms with Gasteiger partial charge in [0.25, 0.3) is 5.79 Å². The number of rotatable bonds is 33. The molecule has 29 N–H and O–H groups in total. The number of phosphoric ester groups is 3. The van der Waals surface area contributed by atoms with Gasteiger partial charge in [-0.05, 0) is 0 Å². The summed E-state index contributed by atoms with van der Waals surface area (Å²) in [6.45, 7) is -10.9. The second-order valence-corrected chi connectivity index (χ2v) is 26.5. The van der Waals surface area contributed by atoms with Gasteiger partial charge in [0.2, 0.25) is 0 Å². The average Bonchev–Trinajstić information content (AvgIpc) is 0.755. The van der Waals surface area contributed by atoms with Gasteiger partial charge in [0.05, 0.1) is 52.9 Å². The van der Waals surface area contributed by atoms with Gasteiger partial charge < -0.3 is 191 Å². The lowest BCUT2D eigenvalue weighted by atomic mass is 9.91. The molecule has 0 spiro atoms. The third-order valence-electron chi connectivity index (χ3n) is 15.4. The molecule has 6 rings (SSSR count). The molecular weight excluding hydrogens is 1380 g/mol. The van der Waals surface area contributed by atoms with E-state index in [0.29, 0.717) is 0 Å². The van der Waals surface area contributed by atoms with Crippen LogP contribution < -0.4 is 11.5 Å². The van der Waals surface area contributed by atoms with E-state index >= 15 is 0 Å². The van der Waals surface area contributed by atoms with Gasteiger partial charge >= 0.3 is 29.4 Å². The van der Waals surface area contributed by atoms with Crippen LogP contribution in [-0.2, 0) is 93.0 Å². The SMILES string of the molecule is NCCOP(=O)(O)O[C@@H](CO)[C@H]1O[C@H](O[C@@H]2[C@H](O)[C@@H](O[C@H]3[C@@H]([C@H](O)CO)O[C@@](O)(C(=O)O)C[C@H]3OP(=O)(O)OP(=O)(O)OCCN)O[C@H]([C@@H](O)CO)[C@H]2O[C@@H]2O[C@H](CO)[C@@H](O)[C@H](O)[C@H]2O)[C@@H](O[C@H]2O[C@H]([C@@H](O)CO)[C@@H](O)[C@H](O)[C@@H]2O)[C@@H](OC2O[C@H](CO)[C@@H](O)[C@H](O)[C@H]2O)[C@@H]1O. The second kappa shape index (κ2) is 35.1. The highest BCUT2D eigenvalue weighted by atomic mass is 31.3. The van der Waals surface area contributed by atoms with Crippen LogP contribution in [0.3, 0.4) is 0 Å². The Hall–Kier alpha value is -1.52. The minimum atomic E-state index is -6.29. The molecule has 6 aliphatic heterocycles. The number of ether oxygens (including phenoxy) is 11. The number of carbonyl (C=O) groups is 1. The van der Waals surface area contributed by atoms with Gasteiger partial charge in [0.15, 0.2) is 31.5 Å². The summed E-state index contributed by atoms with van der Waals surface area (Å²) in [4.78, 5) is 44.4. The Morgan fingerprint density at radius 1 is 0.463 bits per heavy atom.